The molecule has 1 aromatic carbocycles. The molecule has 21 heavy (non-hydrogen) atoms. The zero-order chi connectivity index (χ0) is 15.2. The lowest BCUT2D eigenvalue weighted by molar-refractivity contribution is -0.116. The van der Waals surface area contributed by atoms with Crippen LogP contribution in [-0.2, 0) is 21.2 Å². The first-order valence-corrected chi connectivity index (χ1v) is 8.54. The lowest BCUT2D eigenvalue weighted by atomic mass is 9.89. The molecule has 0 aromatic heterocycles. The lowest BCUT2D eigenvalue weighted by Crippen LogP contribution is -2.50. The van der Waals surface area contributed by atoms with Crippen molar-refractivity contribution < 1.29 is 13.2 Å². The van der Waals surface area contributed by atoms with E-state index in [1.165, 1.54) is 6.92 Å². The van der Waals surface area contributed by atoms with Crippen LogP contribution >= 0.6 is 0 Å². The van der Waals surface area contributed by atoms with Crippen molar-refractivity contribution in [2.75, 3.05) is 11.4 Å². The van der Waals surface area contributed by atoms with Crippen LogP contribution in [-0.4, -0.2) is 33.0 Å². The quantitative estimate of drug-likeness (QED) is 0.843. The molecule has 0 bridgehead atoms. The summed E-state index contributed by atoms with van der Waals surface area (Å²) in [4.78, 5) is 13.4. The van der Waals surface area contributed by atoms with Gasteiger partial charge in [0.2, 0.25) is 15.9 Å². The summed E-state index contributed by atoms with van der Waals surface area (Å²) in [7, 11) is -3.56. The normalized spacial score (nSPS) is 24.6. The van der Waals surface area contributed by atoms with Gasteiger partial charge in [0.25, 0.3) is 0 Å². The molecule has 1 aliphatic heterocycles. The van der Waals surface area contributed by atoms with Crippen LogP contribution in [0.25, 0.3) is 0 Å². The van der Waals surface area contributed by atoms with Crippen molar-refractivity contribution in [2.45, 2.75) is 43.2 Å². The third kappa shape index (κ3) is 2.68. The molecule has 1 saturated carbocycles. The summed E-state index contributed by atoms with van der Waals surface area (Å²) in [5.41, 5.74) is 7.39. The van der Waals surface area contributed by atoms with Crippen molar-refractivity contribution in [3.63, 3.8) is 0 Å². The maximum absolute atomic E-state index is 12.4. The van der Waals surface area contributed by atoms with Gasteiger partial charge in [0, 0.05) is 31.2 Å². The van der Waals surface area contributed by atoms with E-state index >= 15 is 0 Å². The highest BCUT2D eigenvalue weighted by atomic mass is 32.2. The molecule has 7 heteroatoms. The van der Waals surface area contributed by atoms with Gasteiger partial charge in [-0.15, -0.1) is 0 Å². The summed E-state index contributed by atoms with van der Waals surface area (Å²) in [5.74, 6) is -0.0683. The van der Waals surface area contributed by atoms with Gasteiger partial charge in [-0.25, -0.2) is 13.1 Å². The molecule has 0 spiro atoms. The van der Waals surface area contributed by atoms with Crippen LogP contribution in [0.2, 0.25) is 0 Å². The third-order valence-corrected chi connectivity index (χ3v) is 5.66. The second kappa shape index (κ2) is 5.08. The second-order valence-electron chi connectivity index (χ2n) is 5.76. The number of benzene rings is 1. The third-order valence-electron chi connectivity index (χ3n) is 4.14. The van der Waals surface area contributed by atoms with Crippen LogP contribution in [0.3, 0.4) is 0 Å². The minimum atomic E-state index is -3.56. The summed E-state index contributed by atoms with van der Waals surface area (Å²) in [6.45, 7) is 2.10. The lowest BCUT2D eigenvalue weighted by Gasteiger charge is -2.32. The highest BCUT2D eigenvalue weighted by Crippen LogP contribution is 2.31. The summed E-state index contributed by atoms with van der Waals surface area (Å²) < 4.78 is 27.4. The van der Waals surface area contributed by atoms with E-state index in [-0.39, 0.29) is 22.9 Å². The SMILES string of the molecule is CC(=O)N1CCc2ccc(S(=O)(=O)NC3CC(N)C3)cc21. The molecule has 2 aliphatic rings. The topological polar surface area (TPSA) is 92.5 Å². The Bertz CT molecular complexity index is 681. The molecule has 1 heterocycles. The highest BCUT2D eigenvalue weighted by molar-refractivity contribution is 7.89. The predicted octanol–water partition coefficient (Wildman–Crippen LogP) is 0.364. The second-order valence-corrected chi connectivity index (χ2v) is 7.47. The monoisotopic (exact) mass is 309 g/mol. The van der Waals surface area contributed by atoms with Gasteiger partial charge in [-0.2, -0.15) is 0 Å². The van der Waals surface area contributed by atoms with Gasteiger partial charge >= 0.3 is 0 Å². The molecule has 1 aliphatic carbocycles. The Morgan fingerprint density at radius 1 is 1.38 bits per heavy atom. The smallest absolute Gasteiger partial charge is 0.240 e. The number of amides is 1. The van der Waals surface area contributed by atoms with Gasteiger partial charge in [-0.1, -0.05) is 6.07 Å². The van der Waals surface area contributed by atoms with Gasteiger partial charge in [-0.3, -0.25) is 4.79 Å². The Morgan fingerprint density at radius 2 is 2.10 bits per heavy atom. The van der Waals surface area contributed by atoms with E-state index in [2.05, 4.69) is 4.72 Å². The molecule has 1 amide bonds. The summed E-state index contributed by atoms with van der Waals surface area (Å²) in [6, 6.07) is 4.99. The number of nitrogens with one attached hydrogen (secondary N) is 1. The number of nitrogens with two attached hydrogens (primary N) is 1. The molecular weight excluding hydrogens is 290 g/mol. The van der Waals surface area contributed by atoms with E-state index in [1.807, 2.05) is 0 Å². The molecule has 3 N–H and O–H groups in total. The summed E-state index contributed by atoms with van der Waals surface area (Å²) in [6.07, 6.45) is 2.10. The fourth-order valence-electron chi connectivity index (χ4n) is 2.90. The molecular formula is C14H19N3O3S. The average Bonchev–Trinajstić information content (AvgIpc) is 2.79. The van der Waals surface area contributed by atoms with Crippen molar-refractivity contribution in [1.29, 1.82) is 0 Å². The number of carbonyl (C=O) groups excluding carboxylic acids is 1. The maximum atomic E-state index is 12.4. The van der Waals surface area contributed by atoms with Crippen LogP contribution in [0.15, 0.2) is 23.1 Å². The number of sulfonamides is 1. The number of fused-ring (bicyclic) bond motifs is 1. The van der Waals surface area contributed by atoms with Gasteiger partial charge < -0.3 is 10.6 Å². The van der Waals surface area contributed by atoms with Gasteiger partial charge in [0.15, 0.2) is 0 Å². The van der Waals surface area contributed by atoms with E-state index in [0.717, 1.165) is 12.0 Å². The highest BCUT2D eigenvalue weighted by Gasteiger charge is 2.31. The number of hydrogen-bond donors (Lipinski definition) is 2. The van der Waals surface area contributed by atoms with Crippen LogP contribution < -0.4 is 15.4 Å². The van der Waals surface area contributed by atoms with E-state index in [9.17, 15) is 13.2 Å². The summed E-state index contributed by atoms with van der Waals surface area (Å²) in [5, 5.41) is 0. The maximum Gasteiger partial charge on any atom is 0.240 e. The minimum absolute atomic E-state index is 0.0683. The largest absolute Gasteiger partial charge is 0.328 e. The Labute approximate surface area is 124 Å². The molecule has 0 radical (unpaired) electrons. The number of anilines is 1. The predicted molar refractivity (Wildman–Crippen MR) is 79.5 cm³/mol. The number of nitrogens with zero attached hydrogens (tertiary/aromatic N) is 1. The molecule has 6 nitrogen and oxygen atoms in total. The standard InChI is InChI=1S/C14H19N3O3S/c1-9(18)17-5-4-10-2-3-13(8-14(10)17)21(19,20)16-12-6-11(15)7-12/h2-3,8,11-12,16H,4-7,15H2,1H3. The zero-order valence-electron chi connectivity index (χ0n) is 11.9. The minimum Gasteiger partial charge on any atom is -0.328 e. The van der Waals surface area contributed by atoms with Crippen molar-refractivity contribution in [1.82, 2.24) is 4.72 Å². The van der Waals surface area contributed by atoms with Crippen LogP contribution in [0.5, 0.6) is 0 Å². The number of carbonyl (C=O) groups is 1. The number of rotatable bonds is 3. The van der Waals surface area contributed by atoms with E-state index < -0.39 is 10.0 Å². The Kier molecular flexibility index (Phi) is 3.51. The van der Waals surface area contributed by atoms with Gasteiger partial charge in [0.05, 0.1) is 4.90 Å². The zero-order valence-corrected chi connectivity index (χ0v) is 12.7. The van der Waals surface area contributed by atoms with Crippen molar-refractivity contribution in [3.8, 4) is 0 Å². The fraction of sp³-hybridized carbons (Fsp3) is 0.500. The first kappa shape index (κ1) is 14.5. The molecule has 0 saturated heterocycles. The molecule has 114 valence electrons. The fourth-order valence-corrected chi connectivity index (χ4v) is 4.18. The molecule has 0 atom stereocenters. The van der Waals surface area contributed by atoms with Crippen molar-refractivity contribution >= 4 is 21.6 Å². The van der Waals surface area contributed by atoms with Crippen molar-refractivity contribution in [2.24, 2.45) is 5.73 Å². The first-order chi connectivity index (χ1) is 9.87. The van der Waals surface area contributed by atoms with Crippen LogP contribution in [0.4, 0.5) is 5.69 Å². The van der Waals surface area contributed by atoms with Crippen molar-refractivity contribution in [3.05, 3.63) is 23.8 Å². The van der Waals surface area contributed by atoms with E-state index in [4.69, 9.17) is 5.73 Å². The van der Waals surface area contributed by atoms with E-state index in [1.54, 1.807) is 23.1 Å². The average molecular weight is 309 g/mol. The number of hydrogen-bond acceptors (Lipinski definition) is 4. The molecule has 0 unspecified atom stereocenters. The summed E-state index contributed by atoms with van der Waals surface area (Å²) >= 11 is 0. The van der Waals surface area contributed by atoms with Crippen LogP contribution in [0, 0.1) is 0 Å². The first-order valence-electron chi connectivity index (χ1n) is 7.06. The molecule has 3 rings (SSSR count). The Balaban J connectivity index is 1.86. The van der Waals surface area contributed by atoms with Gasteiger partial charge in [-0.05, 0) is 37.0 Å². The van der Waals surface area contributed by atoms with Gasteiger partial charge in [0.1, 0.15) is 0 Å². The van der Waals surface area contributed by atoms with Crippen LogP contribution in [0.1, 0.15) is 25.3 Å². The molecule has 1 aromatic rings. The Morgan fingerprint density at radius 3 is 2.71 bits per heavy atom. The Hall–Kier alpha value is -1.44. The van der Waals surface area contributed by atoms with E-state index in [0.29, 0.717) is 25.1 Å². The molecule has 1 fully saturated rings.